The van der Waals surface area contributed by atoms with E-state index in [9.17, 15) is 14.1 Å². The van der Waals surface area contributed by atoms with Gasteiger partial charge in [0.1, 0.15) is 17.2 Å². The van der Waals surface area contributed by atoms with E-state index >= 15 is 4.39 Å². The first-order valence-electron chi connectivity index (χ1n) is 11.3. The number of nitrogens with one attached hydrogen (secondary N) is 3. The molecule has 184 valence electrons. The lowest BCUT2D eigenvalue weighted by Gasteiger charge is -2.51. The number of amidine groups is 1. The van der Waals surface area contributed by atoms with Crippen LogP contribution in [0.5, 0.6) is 0 Å². The lowest BCUT2D eigenvalue weighted by atomic mass is 9.85. The van der Waals surface area contributed by atoms with E-state index in [1.807, 2.05) is 13.8 Å². The first-order chi connectivity index (χ1) is 15.9. The van der Waals surface area contributed by atoms with Crippen LogP contribution < -0.4 is 15.4 Å². The fourth-order valence-electron chi connectivity index (χ4n) is 5.14. The average molecular weight is 490 g/mol. The molecule has 1 amide bonds. The number of nitrogens with zero attached hydrogens (tertiary/aromatic N) is 2. The Morgan fingerprint density at radius 1 is 1.29 bits per heavy atom. The molecule has 3 heterocycles. The Bertz CT molecular complexity index is 1230. The summed E-state index contributed by atoms with van der Waals surface area (Å²) in [6, 6.07) is 6.75. The molecule has 4 N–H and O–H groups in total. The third kappa shape index (κ3) is 3.88. The summed E-state index contributed by atoms with van der Waals surface area (Å²) in [5.41, 5.74) is 2.76. The average Bonchev–Trinajstić information content (AvgIpc) is 3.17. The second-order valence-electron chi connectivity index (χ2n) is 9.79. The van der Waals surface area contributed by atoms with Crippen LogP contribution in [0.15, 0.2) is 35.5 Å². The fraction of sp³-hybridized carbons (Fsp3) is 0.458. The van der Waals surface area contributed by atoms with Gasteiger partial charge in [0.15, 0.2) is 0 Å². The van der Waals surface area contributed by atoms with E-state index in [4.69, 9.17) is 4.99 Å². The SMILES string of the molecule is Cc1cnc(CNc2ccc(F)c([C@@]3(C)N=C(NC(=O)O)C(C)(C)[SH]4(=O)NCC[C@@H]34)c2)c(C)c1. The largest absolute Gasteiger partial charge is 0.465 e. The number of aromatic nitrogens is 1. The molecular formula is C24H32FN5O3S. The van der Waals surface area contributed by atoms with Crippen molar-refractivity contribution in [3.63, 3.8) is 0 Å². The standard InChI is InChI=1S/C24H32FN5O3S/c1-14-10-15(2)19(27-12-14)13-26-16-6-7-18(25)17(11-16)24(5)20-8-9-28-34(20,33)23(3,4)21(30-24)29-22(31)32/h6-7,10-12,20,26,34H,8-9,13H2,1-5H3,(H,28,33)(H,29,30)(H,31,32)/t20-,24+/m0/s1. The van der Waals surface area contributed by atoms with Crippen molar-refractivity contribution in [1.82, 2.24) is 15.0 Å². The van der Waals surface area contributed by atoms with Gasteiger partial charge in [-0.05, 0) is 80.5 Å². The topological polar surface area (TPSA) is 116 Å². The molecule has 10 heteroatoms. The number of rotatable bonds is 4. The normalized spacial score (nSPS) is 25.7. The molecule has 0 bridgehead atoms. The molecule has 1 aromatic carbocycles. The van der Waals surface area contributed by atoms with E-state index in [0.29, 0.717) is 25.2 Å². The molecule has 0 spiro atoms. The summed E-state index contributed by atoms with van der Waals surface area (Å²) in [4.78, 5) is 20.7. The van der Waals surface area contributed by atoms with Crippen molar-refractivity contribution in [2.75, 3.05) is 11.9 Å². The van der Waals surface area contributed by atoms with E-state index in [1.165, 1.54) is 6.07 Å². The molecule has 0 saturated carbocycles. The predicted molar refractivity (Wildman–Crippen MR) is 133 cm³/mol. The van der Waals surface area contributed by atoms with Crippen LogP contribution in [0.2, 0.25) is 0 Å². The zero-order valence-corrected chi connectivity index (χ0v) is 21.0. The second kappa shape index (κ2) is 8.42. The molecule has 34 heavy (non-hydrogen) atoms. The van der Waals surface area contributed by atoms with Gasteiger partial charge in [0, 0.05) is 24.0 Å². The first-order valence-corrected chi connectivity index (χ1v) is 13.1. The predicted octanol–water partition coefficient (Wildman–Crippen LogP) is 3.42. The number of halogens is 1. The Kier molecular flexibility index (Phi) is 6.02. The summed E-state index contributed by atoms with van der Waals surface area (Å²) in [5, 5.41) is 14.6. The van der Waals surface area contributed by atoms with E-state index in [-0.39, 0.29) is 11.4 Å². The van der Waals surface area contributed by atoms with Gasteiger partial charge in [0.25, 0.3) is 0 Å². The van der Waals surface area contributed by atoms with E-state index < -0.39 is 37.6 Å². The highest BCUT2D eigenvalue weighted by molar-refractivity contribution is 8.04. The Morgan fingerprint density at radius 2 is 2.03 bits per heavy atom. The number of amides is 1. The summed E-state index contributed by atoms with van der Waals surface area (Å²) >= 11 is 0. The third-order valence-electron chi connectivity index (χ3n) is 7.13. The molecule has 1 aromatic heterocycles. The van der Waals surface area contributed by atoms with Gasteiger partial charge >= 0.3 is 6.09 Å². The quantitative estimate of drug-likeness (QED) is 0.422. The summed E-state index contributed by atoms with van der Waals surface area (Å²) in [6.45, 7) is 10.1. The van der Waals surface area contributed by atoms with Crippen LogP contribution in [0.25, 0.3) is 0 Å². The van der Waals surface area contributed by atoms with Crippen LogP contribution in [0.4, 0.5) is 14.9 Å². The third-order valence-corrected chi connectivity index (χ3v) is 11.3. The van der Waals surface area contributed by atoms with Crippen molar-refractivity contribution in [3.8, 4) is 0 Å². The minimum absolute atomic E-state index is 0.0775. The van der Waals surface area contributed by atoms with Crippen molar-refractivity contribution in [2.45, 2.75) is 63.1 Å². The van der Waals surface area contributed by atoms with Crippen LogP contribution >= 0.6 is 0 Å². The van der Waals surface area contributed by atoms with Crippen LogP contribution in [-0.2, 0) is 22.2 Å². The summed E-state index contributed by atoms with van der Waals surface area (Å²) in [7, 11) is -3.19. The molecule has 4 rings (SSSR count). The van der Waals surface area contributed by atoms with Crippen LogP contribution in [0.3, 0.4) is 0 Å². The second-order valence-corrected chi connectivity index (χ2v) is 13.2. The summed E-state index contributed by atoms with van der Waals surface area (Å²) < 4.78 is 31.6. The Balaban J connectivity index is 1.76. The van der Waals surface area contributed by atoms with Crippen molar-refractivity contribution in [1.29, 1.82) is 0 Å². The van der Waals surface area contributed by atoms with Gasteiger partial charge in [0.05, 0.1) is 22.2 Å². The maximum atomic E-state index is 15.3. The van der Waals surface area contributed by atoms with Crippen molar-refractivity contribution in [2.24, 2.45) is 4.99 Å². The maximum Gasteiger partial charge on any atom is 0.410 e. The Labute approximate surface area is 200 Å². The van der Waals surface area contributed by atoms with Gasteiger partial charge in [0.2, 0.25) is 0 Å². The molecule has 0 unspecified atom stereocenters. The molecule has 2 aromatic rings. The number of carbonyl (C=O) groups is 1. The van der Waals surface area contributed by atoms with Crippen molar-refractivity contribution >= 4 is 27.7 Å². The molecule has 1 saturated heterocycles. The summed E-state index contributed by atoms with van der Waals surface area (Å²) in [5.74, 6) is -0.400. The number of hydrogen-bond donors (Lipinski definition) is 5. The van der Waals surface area contributed by atoms with Crippen LogP contribution in [-0.4, -0.2) is 42.8 Å². The molecule has 8 nitrogen and oxygen atoms in total. The number of fused-ring (bicyclic) bond motifs is 1. The fourth-order valence-corrected chi connectivity index (χ4v) is 8.82. The highest BCUT2D eigenvalue weighted by atomic mass is 32.3. The number of carboxylic acid groups (broad SMARTS) is 1. The Morgan fingerprint density at radius 3 is 2.71 bits per heavy atom. The summed E-state index contributed by atoms with van der Waals surface area (Å²) in [6.07, 6.45) is 1.06. The molecule has 0 aliphatic carbocycles. The number of hydrogen-bond acceptors (Lipinski definition) is 5. The zero-order chi connectivity index (χ0) is 24.9. The van der Waals surface area contributed by atoms with Gasteiger partial charge in [-0.25, -0.2) is 9.18 Å². The smallest absolute Gasteiger partial charge is 0.410 e. The van der Waals surface area contributed by atoms with Gasteiger partial charge in [-0.1, -0.05) is 6.07 Å². The number of benzene rings is 1. The van der Waals surface area contributed by atoms with Crippen molar-refractivity contribution in [3.05, 3.63) is 58.7 Å². The molecule has 0 radical (unpaired) electrons. The van der Waals surface area contributed by atoms with Crippen LogP contribution in [0, 0.1) is 19.7 Å². The zero-order valence-electron chi connectivity index (χ0n) is 20.1. The van der Waals surface area contributed by atoms with Gasteiger partial charge < -0.3 is 10.4 Å². The lowest BCUT2D eigenvalue weighted by Crippen LogP contribution is -2.65. The Hall–Kier alpha value is -2.85. The molecule has 2 aliphatic rings. The van der Waals surface area contributed by atoms with E-state index in [2.05, 4.69) is 26.4 Å². The molecular weight excluding hydrogens is 457 g/mol. The number of aryl methyl sites for hydroxylation is 2. The molecule has 2 aliphatic heterocycles. The highest BCUT2D eigenvalue weighted by Crippen LogP contribution is 2.49. The van der Waals surface area contributed by atoms with Crippen molar-refractivity contribution < 1.29 is 18.5 Å². The monoisotopic (exact) mass is 489 g/mol. The number of aliphatic imine (C=N–C) groups is 1. The van der Waals surface area contributed by atoms with E-state index in [1.54, 1.807) is 39.1 Å². The van der Waals surface area contributed by atoms with Gasteiger partial charge in [-0.15, -0.1) is 0 Å². The number of thiol groups is 1. The first kappa shape index (κ1) is 24.3. The maximum absolute atomic E-state index is 15.3. The lowest BCUT2D eigenvalue weighted by molar-refractivity contribution is 0.199. The van der Waals surface area contributed by atoms with Gasteiger partial charge in [-0.3, -0.25) is 24.2 Å². The van der Waals surface area contributed by atoms with E-state index in [0.717, 1.165) is 16.8 Å². The van der Waals surface area contributed by atoms with Crippen LogP contribution in [0.1, 0.15) is 49.6 Å². The molecule has 1 fully saturated rings. The minimum Gasteiger partial charge on any atom is -0.465 e. The number of anilines is 1. The minimum atomic E-state index is -3.19. The number of pyridine rings is 1. The highest BCUT2D eigenvalue weighted by Gasteiger charge is 2.59. The molecule has 2 atom stereocenters. The van der Waals surface area contributed by atoms with Gasteiger partial charge in [-0.2, -0.15) is 0 Å².